The van der Waals surface area contributed by atoms with Gasteiger partial charge in [0.05, 0.1) is 6.04 Å². The molecule has 1 aromatic carbocycles. The van der Waals surface area contributed by atoms with Crippen LogP contribution >= 0.6 is 11.9 Å². The molecule has 3 aliphatic rings. The van der Waals surface area contributed by atoms with Crippen LogP contribution in [-0.2, 0) is 24.0 Å². The minimum absolute atomic E-state index is 0.153. The molecule has 3 fully saturated rings. The maximum atomic E-state index is 14.5. The van der Waals surface area contributed by atoms with Crippen molar-refractivity contribution in [3.63, 3.8) is 0 Å². The third-order valence-corrected chi connectivity index (χ3v) is 11.7. The Morgan fingerprint density at radius 1 is 1.00 bits per heavy atom. The van der Waals surface area contributed by atoms with Gasteiger partial charge in [0.1, 0.15) is 18.1 Å². The predicted octanol–water partition coefficient (Wildman–Crippen LogP) is 5.08. The molecule has 1 aromatic rings. The average molecular weight is 696 g/mol. The van der Waals surface area contributed by atoms with Gasteiger partial charge in [-0.2, -0.15) is 0 Å². The first kappa shape index (κ1) is 38.6. The van der Waals surface area contributed by atoms with E-state index in [1.807, 2.05) is 51.1 Å². The Kier molecular flexibility index (Phi) is 13.9. The van der Waals surface area contributed by atoms with Gasteiger partial charge in [0.15, 0.2) is 0 Å². The van der Waals surface area contributed by atoms with Crippen LogP contribution in [0.4, 0.5) is 0 Å². The minimum atomic E-state index is -0.959. The highest BCUT2D eigenvalue weighted by atomic mass is 32.2. The van der Waals surface area contributed by atoms with Crippen LogP contribution in [0.3, 0.4) is 0 Å². The lowest BCUT2D eigenvalue weighted by atomic mass is 9.75. The third kappa shape index (κ3) is 10.4. The lowest BCUT2D eigenvalue weighted by Crippen LogP contribution is -2.62. The highest BCUT2D eigenvalue weighted by Gasteiger charge is 2.46. The molecule has 3 unspecified atom stereocenters. The van der Waals surface area contributed by atoms with E-state index in [9.17, 15) is 24.0 Å². The summed E-state index contributed by atoms with van der Waals surface area (Å²) in [4.78, 5) is 70.9. The summed E-state index contributed by atoms with van der Waals surface area (Å²) in [5.74, 6) is -2.11. The zero-order chi connectivity index (χ0) is 35.6. The van der Waals surface area contributed by atoms with Crippen molar-refractivity contribution in [3.05, 3.63) is 43.0 Å². The number of likely N-dealkylation sites (tertiary alicyclic amines) is 1. The fourth-order valence-corrected chi connectivity index (χ4v) is 7.98. The molecular weight excluding hydrogens is 639 g/mol. The lowest BCUT2D eigenvalue weighted by molar-refractivity contribution is -0.146. The van der Waals surface area contributed by atoms with Crippen LogP contribution in [0.2, 0.25) is 0 Å². The Morgan fingerprint density at radius 2 is 1.67 bits per heavy atom. The van der Waals surface area contributed by atoms with Crippen molar-refractivity contribution in [1.82, 2.24) is 25.6 Å². The van der Waals surface area contributed by atoms with Crippen molar-refractivity contribution in [3.8, 4) is 0 Å². The number of carbonyl (C=O) groups is 5. The summed E-state index contributed by atoms with van der Waals surface area (Å²) in [6.07, 6.45) is 11.7. The van der Waals surface area contributed by atoms with E-state index in [4.69, 9.17) is 0 Å². The second kappa shape index (κ2) is 17.7. The number of Topliss-reactive ketones (excluding diaryl/α,β-unsaturated/α-hetero) is 1. The maximum Gasteiger partial charge on any atom is 0.289 e. The average Bonchev–Trinajstić information content (AvgIpc) is 3.83. The summed E-state index contributed by atoms with van der Waals surface area (Å²) >= 11 is 1.44. The molecule has 0 radical (unpaired) electrons. The van der Waals surface area contributed by atoms with E-state index in [0.717, 1.165) is 56.3 Å². The number of amides is 4. The Labute approximate surface area is 296 Å². The fourth-order valence-electron chi connectivity index (χ4n) is 7.04. The normalized spacial score (nSPS) is 21.1. The third-order valence-electron chi connectivity index (χ3n) is 10.8. The van der Waals surface area contributed by atoms with Gasteiger partial charge in [-0.05, 0) is 79.4 Å². The maximum absolute atomic E-state index is 14.5. The molecule has 4 N–H and O–H groups in total. The summed E-state index contributed by atoms with van der Waals surface area (Å²) in [5.41, 5.74) is -0.908. The summed E-state index contributed by atoms with van der Waals surface area (Å²) in [5, 5.41) is 8.56. The molecule has 11 heteroatoms. The fraction of sp³-hybridized carbons (Fsp3) is 0.658. The second-order valence-corrected chi connectivity index (χ2v) is 16.0. The number of ketones is 1. The molecule has 0 spiro atoms. The number of hydrogen-bond donors (Lipinski definition) is 4. The van der Waals surface area contributed by atoms with Gasteiger partial charge >= 0.3 is 0 Å². The number of nitrogens with one attached hydrogen (secondary N) is 4. The highest BCUT2D eigenvalue weighted by Crippen LogP contribution is 2.40. The molecule has 1 saturated heterocycles. The van der Waals surface area contributed by atoms with E-state index in [1.165, 1.54) is 18.0 Å². The molecule has 0 bridgehead atoms. The van der Waals surface area contributed by atoms with Gasteiger partial charge in [-0.25, -0.2) is 4.72 Å². The van der Waals surface area contributed by atoms with E-state index in [1.54, 1.807) is 4.90 Å². The smallest absolute Gasteiger partial charge is 0.289 e. The van der Waals surface area contributed by atoms with E-state index < -0.39 is 47.2 Å². The molecule has 4 atom stereocenters. The van der Waals surface area contributed by atoms with E-state index in [0.29, 0.717) is 32.2 Å². The molecule has 270 valence electrons. The zero-order valence-electron chi connectivity index (χ0n) is 29.9. The van der Waals surface area contributed by atoms with Crippen LogP contribution in [0.25, 0.3) is 0 Å². The molecule has 1 aliphatic heterocycles. The monoisotopic (exact) mass is 695 g/mol. The molecule has 4 rings (SSSR count). The molecule has 0 aromatic heterocycles. The summed E-state index contributed by atoms with van der Waals surface area (Å²) in [6, 6.07) is 6.73. The molecule has 49 heavy (non-hydrogen) atoms. The molecule has 2 aliphatic carbocycles. The van der Waals surface area contributed by atoms with Crippen LogP contribution in [0, 0.1) is 16.7 Å². The first-order valence-corrected chi connectivity index (χ1v) is 19.0. The minimum Gasteiger partial charge on any atom is -0.346 e. The Balaban J connectivity index is 1.54. The van der Waals surface area contributed by atoms with E-state index >= 15 is 0 Å². The summed E-state index contributed by atoms with van der Waals surface area (Å²) in [7, 11) is 0. The van der Waals surface area contributed by atoms with E-state index in [-0.39, 0.29) is 29.7 Å². The molecule has 1 heterocycles. The summed E-state index contributed by atoms with van der Waals surface area (Å²) < 4.78 is 3.50. The van der Waals surface area contributed by atoms with Crippen LogP contribution in [-0.4, -0.2) is 71.6 Å². The number of rotatable bonds is 17. The second-order valence-electron chi connectivity index (χ2n) is 15.1. The van der Waals surface area contributed by atoms with Gasteiger partial charge in [-0.1, -0.05) is 90.5 Å². The van der Waals surface area contributed by atoms with Gasteiger partial charge in [0.25, 0.3) is 5.91 Å². The first-order valence-electron chi connectivity index (χ1n) is 18.2. The van der Waals surface area contributed by atoms with Crippen LogP contribution in [0.5, 0.6) is 0 Å². The Hall–Kier alpha value is -3.18. The predicted molar refractivity (Wildman–Crippen MR) is 193 cm³/mol. The number of benzene rings is 1. The van der Waals surface area contributed by atoms with Crippen LogP contribution in [0.1, 0.15) is 105 Å². The SMILES string of the molecule is C=CCNC(=O)C(=O)C(CC1CC1)NC(=O)C1CCCN1C(=O)[C@@H](NC(=O)C(NSc1ccccc1)C1(C)CCCCCC1)C(C)(C)CC. The van der Waals surface area contributed by atoms with Crippen molar-refractivity contribution in [2.24, 2.45) is 16.7 Å². The quantitative estimate of drug-likeness (QED) is 0.0773. The molecular formula is C38H57N5O5S. The topological polar surface area (TPSA) is 137 Å². The lowest BCUT2D eigenvalue weighted by Gasteiger charge is -2.41. The number of nitrogens with zero attached hydrogens (tertiary/aromatic N) is 1. The van der Waals surface area contributed by atoms with Gasteiger partial charge in [-0.3, -0.25) is 24.0 Å². The Bertz CT molecular complexity index is 1320. The van der Waals surface area contributed by atoms with Crippen molar-refractivity contribution in [1.29, 1.82) is 0 Å². The largest absolute Gasteiger partial charge is 0.346 e. The van der Waals surface area contributed by atoms with Gasteiger partial charge in [0.2, 0.25) is 23.5 Å². The first-order chi connectivity index (χ1) is 23.4. The van der Waals surface area contributed by atoms with Crippen molar-refractivity contribution in [2.75, 3.05) is 13.1 Å². The summed E-state index contributed by atoms with van der Waals surface area (Å²) in [6.45, 7) is 12.2. The van der Waals surface area contributed by atoms with Crippen LogP contribution < -0.4 is 20.7 Å². The molecule has 4 amide bonds. The van der Waals surface area contributed by atoms with Gasteiger partial charge in [-0.15, -0.1) is 6.58 Å². The standard InChI is InChI=1S/C38H57N5O5S/c1-6-23-39-34(46)30(44)28(25-26-19-20-26)40-33(45)29-18-15-24-43(29)36(48)32(37(3,4)7-2)41-35(47)31(38(5)21-13-8-9-14-22-38)42-49-27-16-11-10-12-17-27/h6,10-12,16-17,26,28-29,31-32,42H,1,7-9,13-15,18-25H2,2-5H3,(H,39,46)(H,40,45)(H,41,47)/t28?,29?,31?,32-/m1/s1. The van der Waals surface area contributed by atoms with Crippen molar-refractivity contribution in [2.45, 2.75) is 134 Å². The Morgan fingerprint density at radius 3 is 2.29 bits per heavy atom. The molecule has 2 saturated carbocycles. The zero-order valence-corrected chi connectivity index (χ0v) is 30.7. The van der Waals surface area contributed by atoms with Gasteiger partial charge < -0.3 is 20.9 Å². The van der Waals surface area contributed by atoms with Crippen molar-refractivity contribution >= 4 is 41.4 Å². The van der Waals surface area contributed by atoms with Crippen LogP contribution in [0.15, 0.2) is 47.9 Å². The van der Waals surface area contributed by atoms with E-state index in [2.05, 4.69) is 34.2 Å². The molecule has 10 nitrogen and oxygen atoms in total. The van der Waals surface area contributed by atoms with Crippen molar-refractivity contribution < 1.29 is 24.0 Å². The number of hydrogen-bond acceptors (Lipinski definition) is 7. The van der Waals surface area contributed by atoms with Gasteiger partial charge in [0, 0.05) is 18.0 Å². The highest BCUT2D eigenvalue weighted by molar-refractivity contribution is 7.97. The number of carbonyl (C=O) groups excluding carboxylic acids is 5.